The van der Waals surface area contributed by atoms with Crippen molar-refractivity contribution < 1.29 is 14.3 Å². The zero-order valence-corrected chi connectivity index (χ0v) is 12.8. The van der Waals surface area contributed by atoms with Crippen molar-refractivity contribution in [3.8, 4) is 11.5 Å². The van der Waals surface area contributed by atoms with Crippen molar-refractivity contribution in [2.45, 2.75) is 20.4 Å². The summed E-state index contributed by atoms with van der Waals surface area (Å²) in [7, 11) is 0. The Kier molecular flexibility index (Phi) is 4.00. The Morgan fingerprint density at radius 1 is 1.05 bits per heavy atom. The van der Waals surface area contributed by atoms with Crippen LogP contribution >= 0.6 is 0 Å². The molecule has 0 unspecified atom stereocenters. The molecule has 1 N–H and O–H groups in total. The smallest absolute Gasteiger partial charge is 0.251 e. The quantitative estimate of drug-likeness (QED) is 0.947. The van der Waals surface area contributed by atoms with Crippen LogP contribution in [0.2, 0.25) is 0 Å². The lowest BCUT2D eigenvalue weighted by molar-refractivity contribution is 0.0950. The van der Waals surface area contributed by atoms with Crippen LogP contribution in [0.3, 0.4) is 0 Å². The van der Waals surface area contributed by atoms with Crippen LogP contribution in [0.15, 0.2) is 36.4 Å². The molecule has 3 rings (SSSR count). The molecule has 0 aliphatic carbocycles. The molecular weight excluding hydrogens is 278 g/mol. The Morgan fingerprint density at radius 2 is 1.82 bits per heavy atom. The number of carbonyl (C=O) groups excluding carboxylic acids is 1. The molecule has 2 aromatic rings. The van der Waals surface area contributed by atoms with Crippen LogP contribution in [-0.4, -0.2) is 19.1 Å². The van der Waals surface area contributed by atoms with Crippen LogP contribution < -0.4 is 14.8 Å². The highest BCUT2D eigenvalue weighted by atomic mass is 16.6. The predicted molar refractivity (Wildman–Crippen MR) is 84.5 cm³/mol. The molecule has 2 aromatic carbocycles. The van der Waals surface area contributed by atoms with Crippen molar-refractivity contribution in [2.75, 3.05) is 13.2 Å². The van der Waals surface area contributed by atoms with Crippen LogP contribution in [0.5, 0.6) is 11.5 Å². The van der Waals surface area contributed by atoms with Gasteiger partial charge in [-0.05, 0) is 43.2 Å². The molecule has 0 bridgehead atoms. The Balaban J connectivity index is 1.68. The van der Waals surface area contributed by atoms with Crippen molar-refractivity contribution in [3.63, 3.8) is 0 Å². The summed E-state index contributed by atoms with van der Waals surface area (Å²) in [6.07, 6.45) is 0. The average molecular weight is 297 g/mol. The van der Waals surface area contributed by atoms with Gasteiger partial charge in [0.1, 0.15) is 13.2 Å². The molecule has 0 saturated heterocycles. The van der Waals surface area contributed by atoms with Crippen LogP contribution in [0.1, 0.15) is 27.0 Å². The van der Waals surface area contributed by atoms with E-state index in [9.17, 15) is 4.79 Å². The summed E-state index contributed by atoms with van der Waals surface area (Å²) in [5.41, 5.74) is 3.84. The van der Waals surface area contributed by atoms with E-state index in [4.69, 9.17) is 9.47 Å². The fraction of sp³-hybridized carbons (Fsp3) is 0.278. The molecule has 4 nitrogen and oxygen atoms in total. The van der Waals surface area contributed by atoms with E-state index in [2.05, 4.69) is 5.32 Å². The first kappa shape index (κ1) is 14.4. The zero-order chi connectivity index (χ0) is 15.5. The molecule has 0 aromatic heterocycles. The molecular formula is C18H19NO3. The number of rotatable bonds is 3. The number of hydrogen-bond donors (Lipinski definition) is 1. The normalized spacial score (nSPS) is 12.8. The molecule has 1 heterocycles. The zero-order valence-electron chi connectivity index (χ0n) is 12.8. The van der Waals surface area contributed by atoms with Crippen LogP contribution in [-0.2, 0) is 6.54 Å². The van der Waals surface area contributed by atoms with Crippen molar-refractivity contribution in [1.82, 2.24) is 5.32 Å². The number of amides is 1. The number of ether oxygens (including phenoxy) is 2. The summed E-state index contributed by atoms with van der Waals surface area (Å²) in [4.78, 5) is 12.3. The highest BCUT2D eigenvalue weighted by Crippen LogP contribution is 2.30. The SMILES string of the molecule is Cc1ccc(C(=O)NCc2ccc3c(c2)OCCO3)c(C)c1. The van der Waals surface area contributed by atoms with E-state index in [1.807, 2.05) is 50.2 Å². The molecule has 1 aliphatic heterocycles. The third-order valence-corrected chi connectivity index (χ3v) is 3.69. The second-order valence-electron chi connectivity index (χ2n) is 5.48. The Hall–Kier alpha value is -2.49. The maximum atomic E-state index is 12.3. The number of aryl methyl sites for hydroxylation is 2. The lowest BCUT2D eigenvalue weighted by atomic mass is 10.1. The standard InChI is InChI=1S/C18H19NO3/c1-12-3-5-15(13(2)9-12)18(20)19-11-14-4-6-16-17(10-14)22-8-7-21-16/h3-6,9-10H,7-8,11H2,1-2H3,(H,19,20). The van der Waals surface area contributed by atoms with E-state index in [0.29, 0.717) is 25.3 Å². The molecule has 22 heavy (non-hydrogen) atoms. The average Bonchev–Trinajstić information content (AvgIpc) is 2.52. The lowest BCUT2D eigenvalue weighted by Crippen LogP contribution is -2.24. The van der Waals surface area contributed by atoms with Gasteiger partial charge in [-0.25, -0.2) is 0 Å². The monoisotopic (exact) mass is 297 g/mol. The fourth-order valence-corrected chi connectivity index (χ4v) is 2.54. The number of fused-ring (bicyclic) bond motifs is 1. The molecule has 0 saturated carbocycles. The second-order valence-corrected chi connectivity index (χ2v) is 5.48. The summed E-state index contributed by atoms with van der Waals surface area (Å²) in [6, 6.07) is 11.6. The van der Waals surface area contributed by atoms with Gasteiger partial charge in [0.15, 0.2) is 11.5 Å². The van der Waals surface area contributed by atoms with Gasteiger partial charge in [-0.3, -0.25) is 4.79 Å². The van der Waals surface area contributed by atoms with E-state index in [-0.39, 0.29) is 5.91 Å². The van der Waals surface area contributed by atoms with Gasteiger partial charge in [0.25, 0.3) is 5.91 Å². The van der Waals surface area contributed by atoms with Crippen molar-refractivity contribution in [1.29, 1.82) is 0 Å². The van der Waals surface area contributed by atoms with Crippen LogP contribution in [0, 0.1) is 13.8 Å². The van der Waals surface area contributed by atoms with Gasteiger partial charge in [0.05, 0.1) is 0 Å². The van der Waals surface area contributed by atoms with Gasteiger partial charge in [-0.1, -0.05) is 23.8 Å². The van der Waals surface area contributed by atoms with Gasteiger partial charge >= 0.3 is 0 Å². The third-order valence-electron chi connectivity index (χ3n) is 3.69. The Morgan fingerprint density at radius 3 is 2.59 bits per heavy atom. The molecule has 0 radical (unpaired) electrons. The first-order chi connectivity index (χ1) is 10.6. The van der Waals surface area contributed by atoms with Crippen molar-refractivity contribution in [2.24, 2.45) is 0 Å². The second kappa shape index (κ2) is 6.10. The number of carbonyl (C=O) groups is 1. The summed E-state index contributed by atoms with van der Waals surface area (Å²) in [6.45, 7) is 5.57. The van der Waals surface area contributed by atoms with E-state index in [1.165, 1.54) is 0 Å². The Labute approximate surface area is 130 Å². The van der Waals surface area contributed by atoms with Gasteiger partial charge in [-0.2, -0.15) is 0 Å². The number of benzene rings is 2. The fourth-order valence-electron chi connectivity index (χ4n) is 2.54. The highest BCUT2D eigenvalue weighted by Gasteiger charge is 2.13. The number of nitrogens with one attached hydrogen (secondary N) is 1. The van der Waals surface area contributed by atoms with E-state index >= 15 is 0 Å². The molecule has 0 fully saturated rings. The van der Waals surface area contributed by atoms with Crippen LogP contribution in [0.4, 0.5) is 0 Å². The van der Waals surface area contributed by atoms with E-state index in [1.54, 1.807) is 0 Å². The minimum Gasteiger partial charge on any atom is -0.486 e. The Bertz CT molecular complexity index is 709. The van der Waals surface area contributed by atoms with Gasteiger partial charge in [-0.15, -0.1) is 0 Å². The molecule has 1 aliphatic rings. The molecule has 0 spiro atoms. The first-order valence-corrected chi connectivity index (χ1v) is 7.37. The summed E-state index contributed by atoms with van der Waals surface area (Å²) >= 11 is 0. The lowest BCUT2D eigenvalue weighted by Gasteiger charge is -2.19. The van der Waals surface area contributed by atoms with Gasteiger partial charge in [0, 0.05) is 12.1 Å². The molecule has 1 amide bonds. The summed E-state index contributed by atoms with van der Waals surface area (Å²) in [5.74, 6) is 1.44. The van der Waals surface area contributed by atoms with Gasteiger partial charge < -0.3 is 14.8 Å². The maximum Gasteiger partial charge on any atom is 0.251 e. The van der Waals surface area contributed by atoms with E-state index < -0.39 is 0 Å². The highest BCUT2D eigenvalue weighted by molar-refractivity contribution is 5.95. The van der Waals surface area contributed by atoms with Crippen molar-refractivity contribution >= 4 is 5.91 Å². The van der Waals surface area contributed by atoms with Crippen LogP contribution in [0.25, 0.3) is 0 Å². The summed E-state index contributed by atoms with van der Waals surface area (Å²) < 4.78 is 11.0. The predicted octanol–water partition coefficient (Wildman–Crippen LogP) is 3.00. The minimum atomic E-state index is -0.0626. The molecule has 114 valence electrons. The molecule has 0 atom stereocenters. The summed E-state index contributed by atoms with van der Waals surface area (Å²) in [5, 5.41) is 2.95. The number of hydrogen-bond acceptors (Lipinski definition) is 3. The minimum absolute atomic E-state index is 0.0626. The van der Waals surface area contributed by atoms with Gasteiger partial charge in [0.2, 0.25) is 0 Å². The first-order valence-electron chi connectivity index (χ1n) is 7.37. The maximum absolute atomic E-state index is 12.3. The third kappa shape index (κ3) is 3.06. The van der Waals surface area contributed by atoms with Crippen molar-refractivity contribution in [3.05, 3.63) is 58.7 Å². The topological polar surface area (TPSA) is 47.6 Å². The van der Waals surface area contributed by atoms with E-state index in [0.717, 1.165) is 28.2 Å². The largest absolute Gasteiger partial charge is 0.486 e. The molecule has 4 heteroatoms.